The number of nitrogens with zero attached hydrogens (tertiary/aromatic N) is 1. The predicted octanol–water partition coefficient (Wildman–Crippen LogP) is 4.42. The summed E-state index contributed by atoms with van der Waals surface area (Å²) in [6, 6.07) is 16.4. The Balaban J connectivity index is 1.75. The van der Waals surface area contributed by atoms with Gasteiger partial charge in [0.25, 0.3) is 0 Å². The van der Waals surface area contributed by atoms with Crippen molar-refractivity contribution in [1.82, 2.24) is 0 Å². The summed E-state index contributed by atoms with van der Waals surface area (Å²) in [5.74, 6) is 0.874. The van der Waals surface area contributed by atoms with E-state index in [0.29, 0.717) is 6.61 Å². The molecule has 0 radical (unpaired) electrons. The number of benzene rings is 2. The maximum Gasteiger partial charge on any atom is 0.119 e. The summed E-state index contributed by atoms with van der Waals surface area (Å²) in [4.78, 5) is 4.40. The third-order valence-corrected chi connectivity index (χ3v) is 3.43. The van der Waals surface area contributed by atoms with Crippen LogP contribution in [0.3, 0.4) is 0 Å². The van der Waals surface area contributed by atoms with Crippen molar-refractivity contribution in [2.24, 2.45) is 4.99 Å². The number of aryl methyl sites for hydroxylation is 1. The van der Waals surface area contributed by atoms with Gasteiger partial charge in [0.05, 0.1) is 0 Å². The molecule has 2 aromatic rings. The lowest BCUT2D eigenvalue weighted by Gasteiger charge is -2.06. The molecule has 0 aliphatic heterocycles. The highest BCUT2D eigenvalue weighted by Gasteiger charge is 1.96. The van der Waals surface area contributed by atoms with Gasteiger partial charge in [0.2, 0.25) is 0 Å². The minimum Gasteiger partial charge on any atom is -0.489 e. The monoisotopic (exact) mass is 311 g/mol. The molecule has 0 aliphatic carbocycles. The number of hydrogen-bond donors (Lipinski definition) is 0. The van der Waals surface area contributed by atoms with E-state index >= 15 is 0 Å². The average Bonchev–Trinajstić information content (AvgIpc) is 2.58. The number of aliphatic imine (C=N–C) groups is 1. The van der Waals surface area contributed by atoms with Crippen molar-refractivity contribution in [3.8, 4) is 5.75 Å². The number of rotatable bonds is 9. The zero-order valence-electron chi connectivity index (χ0n) is 14.0. The van der Waals surface area contributed by atoms with Crippen molar-refractivity contribution in [1.29, 1.82) is 0 Å². The van der Waals surface area contributed by atoms with E-state index in [-0.39, 0.29) is 0 Å². The van der Waals surface area contributed by atoms with E-state index in [4.69, 9.17) is 9.47 Å². The molecule has 2 aromatic carbocycles. The Kier molecular flexibility index (Phi) is 7.34. The summed E-state index contributed by atoms with van der Waals surface area (Å²) >= 11 is 0. The second kappa shape index (κ2) is 9.80. The molecule has 0 N–H and O–H groups in total. The molecule has 2 rings (SSSR count). The van der Waals surface area contributed by atoms with Crippen molar-refractivity contribution < 1.29 is 9.47 Å². The first-order valence-electron chi connectivity index (χ1n) is 8.14. The van der Waals surface area contributed by atoms with E-state index in [2.05, 4.69) is 36.2 Å². The van der Waals surface area contributed by atoms with Crippen LogP contribution in [0.25, 0.3) is 0 Å². The summed E-state index contributed by atoms with van der Waals surface area (Å²) in [7, 11) is 0. The highest BCUT2D eigenvalue weighted by Crippen LogP contribution is 2.14. The first-order chi connectivity index (χ1) is 11.3. The van der Waals surface area contributed by atoms with E-state index in [0.717, 1.165) is 37.5 Å². The summed E-state index contributed by atoms with van der Waals surface area (Å²) < 4.78 is 11.1. The van der Waals surface area contributed by atoms with E-state index in [1.807, 2.05) is 37.4 Å². The molecule has 0 saturated carbocycles. The summed E-state index contributed by atoms with van der Waals surface area (Å²) in [6.07, 6.45) is 2.86. The Hall–Kier alpha value is -2.13. The second-order valence-corrected chi connectivity index (χ2v) is 5.43. The van der Waals surface area contributed by atoms with Gasteiger partial charge in [-0.2, -0.15) is 0 Å². The fourth-order valence-electron chi connectivity index (χ4n) is 2.07. The molecular weight excluding hydrogens is 286 g/mol. The van der Waals surface area contributed by atoms with Gasteiger partial charge in [-0.15, -0.1) is 0 Å². The van der Waals surface area contributed by atoms with E-state index in [1.54, 1.807) is 0 Å². The van der Waals surface area contributed by atoms with Crippen molar-refractivity contribution in [3.63, 3.8) is 0 Å². The minimum atomic E-state index is 0.588. The van der Waals surface area contributed by atoms with Gasteiger partial charge in [-0.25, -0.2) is 0 Å². The van der Waals surface area contributed by atoms with Crippen LogP contribution in [0.4, 0.5) is 0 Å². The Morgan fingerprint density at radius 1 is 1.00 bits per heavy atom. The summed E-state index contributed by atoms with van der Waals surface area (Å²) in [5.41, 5.74) is 3.53. The highest BCUT2D eigenvalue weighted by molar-refractivity contribution is 5.79. The van der Waals surface area contributed by atoms with Crippen molar-refractivity contribution >= 4 is 6.21 Å². The molecule has 23 heavy (non-hydrogen) atoms. The van der Waals surface area contributed by atoms with Crippen molar-refractivity contribution in [2.75, 3.05) is 19.8 Å². The molecule has 0 fully saturated rings. The topological polar surface area (TPSA) is 30.8 Å². The standard InChI is InChI=1S/C20H25NO2/c1-3-22-14-4-13-21-15-18-9-11-20(12-10-18)23-16-19-7-5-17(2)6-8-19/h5-12,15H,3-4,13-14,16H2,1-2H3. The Labute approximate surface area is 139 Å². The van der Waals surface area contributed by atoms with Crippen LogP contribution in [0.1, 0.15) is 30.0 Å². The second-order valence-electron chi connectivity index (χ2n) is 5.43. The molecule has 0 amide bonds. The smallest absolute Gasteiger partial charge is 0.119 e. The fraction of sp³-hybridized carbons (Fsp3) is 0.350. The Morgan fingerprint density at radius 3 is 2.43 bits per heavy atom. The van der Waals surface area contributed by atoms with Crippen LogP contribution >= 0.6 is 0 Å². The molecule has 0 heterocycles. The van der Waals surface area contributed by atoms with Gasteiger partial charge in [0.1, 0.15) is 12.4 Å². The lowest BCUT2D eigenvalue weighted by atomic mass is 10.2. The average molecular weight is 311 g/mol. The molecule has 0 aromatic heterocycles. The van der Waals surface area contributed by atoms with Gasteiger partial charge in [-0.1, -0.05) is 29.8 Å². The van der Waals surface area contributed by atoms with Crippen LogP contribution < -0.4 is 4.74 Å². The fourth-order valence-corrected chi connectivity index (χ4v) is 2.07. The number of hydrogen-bond acceptors (Lipinski definition) is 3. The molecule has 0 aliphatic rings. The zero-order valence-corrected chi connectivity index (χ0v) is 14.0. The molecule has 122 valence electrons. The van der Waals surface area contributed by atoms with Gasteiger partial charge >= 0.3 is 0 Å². The zero-order chi connectivity index (χ0) is 16.3. The molecule has 0 bridgehead atoms. The van der Waals surface area contributed by atoms with Crippen LogP contribution in [0.2, 0.25) is 0 Å². The lowest BCUT2D eigenvalue weighted by Crippen LogP contribution is -1.96. The van der Waals surface area contributed by atoms with Crippen LogP contribution in [0, 0.1) is 6.92 Å². The molecule has 0 saturated heterocycles. The lowest BCUT2D eigenvalue weighted by molar-refractivity contribution is 0.146. The van der Waals surface area contributed by atoms with Crippen LogP contribution in [-0.4, -0.2) is 26.0 Å². The predicted molar refractivity (Wildman–Crippen MR) is 95.5 cm³/mol. The Morgan fingerprint density at radius 2 is 1.74 bits per heavy atom. The summed E-state index contributed by atoms with van der Waals surface area (Å²) in [6.45, 7) is 7.03. The van der Waals surface area contributed by atoms with Crippen LogP contribution in [-0.2, 0) is 11.3 Å². The van der Waals surface area contributed by atoms with Gasteiger partial charge in [0, 0.05) is 26.0 Å². The van der Waals surface area contributed by atoms with Gasteiger partial charge in [-0.05, 0) is 55.7 Å². The molecule has 3 heteroatoms. The number of ether oxygens (including phenoxy) is 2. The highest BCUT2D eigenvalue weighted by atomic mass is 16.5. The van der Waals surface area contributed by atoms with Crippen molar-refractivity contribution in [2.45, 2.75) is 26.9 Å². The molecule has 0 atom stereocenters. The van der Waals surface area contributed by atoms with E-state index in [1.165, 1.54) is 11.1 Å². The van der Waals surface area contributed by atoms with Crippen LogP contribution in [0.5, 0.6) is 5.75 Å². The third kappa shape index (κ3) is 6.66. The first kappa shape index (κ1) is 17.2. The maximum absolute atomic E-state index is 5.80. The largest absolute Gasteiger partial charge is 0.489 e. The molecular formula is C20H25NO2. The molecule has 3 nitrogen and oxygen atoms in total. The van der Waals surface area contributed by atoms with E-state index in [9.17, 15) is 0 Å². The SMILES string of the molecule is CCOCCCN=Cc1ccc(OCc2ccc(C)cc2)cc1. The Bertz CT molecular complexity index is 588. The van der Waals surface area contributed by atoms with E-state index < -0.39 is 0 Å². The van der Waals surface area contributed by atoms with Crippen LogP contribution in [0.15, 0.2) is 53.5 Å². The van der Waals surface area contributed by atoms with Gasteiger partial charge in [-0.3, -0.25) is 4.99 Å². The van der Waals surface area contributed by atoms with Crippen molar-refractivity contribution in [3.05, 3.63) is 65.2 Å². The normalized spacial score (nSPS) is 11.0. The third-order valence-electron chi connectivity index (χ3n) is 3.43. The summed E-state index contributed by atoms with van der Waals surface area (Å²) in [5, 5.41) is 0. The molecule has 0 unspecified atom stereocenters. The molecule has 0 spiro atoms. The minimum absolute atomic E-state index is 0.588. The first-order valence-corrected chi connectivity index (χ1v) is 8.14. The maximum atomic E-state index is 5.80. The quantitative estimate of drug-likeness (QED) is 0.507. The van der Waals surface area contributed by atoms with Gasteiger partial charge < -0.3 is 9.47 Å². The van der Waals surface area contributed by atoms with Gasteiger partial charge in [0.15, 0.2) is 0 Å².